The molecule has 0 aliphatic rings. The van der Waals surface area contributed by atoms with Crippen molar-refractivity contribution in [3.05, 3.63) is 45.7 Å². The van der Waals surface area contributed by atoms with Crippen LogP contribution in [0.25, 0.3) is 17.1 Å². The minimum absolute atomic E-state index is 0.735. The van der Waals surface area contributed by atoms with Gasteiger partial charge in [-0.25, -0.2) is 0 Å². The van der Waals surface area contributed by atoms with Gasteiger partial charge < -0.3 is 0 Å². The summed E-state index contributed by atoms with van der Waals surface area (Å²) in [5.41, 5.74) is 0.980. The number of benzene rings is 1. The molecule has 0 N–H and O–H groups in total. The van der Waals surface area contributed by atoms with E-state index in [0.29, 0.717) is 0 Å². The molecule has 4 nitrogen and oxygen atoms in total. The van der Waals surface area contributed by atoms with E-state index >= 15 is 0 Å². The van der Waals surface area contributed by atoms with Crippen molar-refractivity contribution in [2.45, 2.75) is 19.1 Å². The summed E-state index contributed by atoms with van der Waals surface area (Å²) >= 11 is 9.52. The second-order valence-corrected chi connectivity index (χ2v) is 7.16. The lowest BCUT2D eigenvalue weighted by Gasteiger charge is -1.96. The van der Waals surface area contributed by atoms with Crippen LogP contribution < -0.4 is 0 Å². The molecule has 114 valence electrons. The molecule has 0 saturated carbocycles. The molecule has 0 aliphatic heterocycles. The molecule has 0 amide bonds. The van der Waals surface area contributed by atoms with Gasteiger partial charge in [0.25, 0.3) is 0 Å². The van der Waals surface area contributed by atoms with Crippen LogP contribution in [0.15, 0.2) is 24.3 Å². The first-order valence-electron chi connectivity index (χ1n) is 6.99. The Hall–Kier alpha value is -1.37. The summed E-state index contributed by atoms with van der Waals surface area (Å²) in [5, 5.41) is 14.6. The molecule has 0 atom stereocenters. The summed E-state index contributed by atoms with van der Waals surface area (Å²) in [6.45, 7) is 2.17. The maximum absolute atomic E-state index is 6.15. The molecule has 3 rings (SSSR count). The maximum Gasteiger partial charge on any atom is 0.234 e. The minimum atomic E-state index is 0.735. The zero-order valence-electron chi connectivity index (χ0n) is 12.1. The monoisotopic (exact) mass is 350 g/mol. The highest BCUT2D eigenvalue weighted by atomic mass is 35.5. The third kappa shape index (κ3) is 3.51. The lowest BCUT2D eigenvalue weighted by atomic mass is 10.2. The van der Waals surface area contributed by atoms with Crippen LogP contribution in [-0.4, -0.2) is 25.6 Å². The highest BCUT2D eigenvalue weighted by molar-refractivity contribution is 7.98. The van der Waals surface area contributed by atoms with E-state index in [-0.39, 0.29) is 0 Å². The fraction of sp³-hybridized carbons (Fsp3) is 0.267. The summed E-state index contributed by atoms with van der Waals surface area (Å²) in [6.07, 6.45) is 5.10. The predicted molar refractivity (Wildman–Crippen MR) is 95.5 cm³/mol. The normalized spacial score (nSPS) is 11.7. The second kappa shape index (κ2) is 7.26. The minimum Gasteiger partial charge on any atom is -0.186 e. The van der Waals surface area contributed by atoms with Crippen molar-refractivity contribution in [1.82, 2.24) is 19.8 Å². The van der Waals surface area contributed by atoms with Gasteiger partial charge in [0, 0.05) is 5.02 Å². The van der Waals surface area contributed by atoms with Crippen LogP contribution in [0, 0.1) is 0 Å². The standard InChI is InChI=1S/C15H15ClN4S2/c1-2-9-21-10-13-17-18-15-20(13)19-14(22-15)8-7-11-5-3-4-6-12(11)16/h3-8H,2,9-10H2,1H3. The topological polar surface area (TPSA) is 43.1 Å². The average molecular weight is 351 g/mol. The molecule has 2 heterocycles. The molecule has 0 radical (unpaired) electrons. The van der Waals surface area contributed by atoms with E-state index < -0.39 is 0 Å². The summed E-state index contributed by atoms with van der Waals surface area (Å²) in [4.78, 5) is 0.825. The number of halogens is 1. The third-order valence-electron chi connectivity index (χ3n) is 2.96. The van der Waals surface area contributed by atoms with Gasteiger partial charge in [-0.3, -0.25) is 0 Å². The van der Waals surface area contributed by atoms with Gasteiger partial charge in [0.2, 0.25) is 4.96 Å². The van der Waals surface area contributed by atoms with E-state index in [9.17, 15) is 0 Å². The molecular weight excluding hydrogens is 336 g/mol. The quantitative estimate of drug-likeness (QED) is 0.607. The largest absolute Gasteiger partial charge is 0.234 e. The fourth-order valence-electron chi connectivity index (χ4n) is 1.91. The third-order valence-corrected chi connectivity index (χ3v) is 5.33. The highest BCUT2D eigenvalue weighted by Crippen LogP contribution is 2.21. The number of hydrogen-bond acceptors (Lipinski definition) is 5. The zero-order valence-corrected chi connectivity index (χ0v) is 14.5. The summed E-state index contributed by atoms with van der Waals surface area (Å²) in [7, 11) is 0. The van der Waals surface area contributed by atoms with Crippen LogP contribution in [0.4, 0.5) is 0 Å². The van der Waals surface area contributed by atoms with Crippen LogP contribution in [0.1, 0.15) is 29.7 Å². The van der Waals surface area contributed by atoms with Gasteiger partial charge in [0.1, 0.15) is 5.01 Å². The number of rotatable bonds is 6. The van der Waals surface area contributed by atoms with Crippen LogP contribution in [0.5, 0.6) is 0 Å². The fourth-order valence-corrected chi connectivity index (χ4v) is 3.66. The molecule has 0 saturated heterocycles. The first-order chi connectivity index (χ1) is 10.8. The molecule has 2 aromatic heterocycles. The van der Waals surface area contributed by atoms with E-state index in [1.807, 2.05) is 52.7 Å². The van der Waals surface area contributed by atoms with Crippen molar-refractivity contribution in [3.8, 4) is 0 Å². The number of fused-ring (bicyclic) bond motifs is 1. The van der Waals surface area contributed by atoms with E-state index in [1.54, 1.807) is 0 Å². The summed E-state index contributed by atoms with van der Waals surface area (Å²) in [5.74, 6) is 2.87. The number of thioether (sulfide) groups is 1. The molecule has 1 aromatic carbocycles. The molecule has 0 spiro atoms. The molecule has 0 bridgehead atoms. The van der Waals surface area contributed by atoms with Crippen molar-refractivity contribution in [2.24, 2.45) is 0 Å². The van der Waals surface area contributed by atoms with Gasteiger partial charge >= 0.3 is 0 Å². The Morgan fingerprint density at radius 1 is 1.27 bits per heavy atom. The number of nitrogens with zero attached hydrogens (tertiary/aromatic N) is 4. The van der Waals surface area contributed by atoms with Crippen molar-refractivity contribution in [3.63, 3.8) is 0 Å². The Bertz CT molecular complexity index is 794. The van der Waals surface area contributed by atoms with Crippen molar-refractivity contribution in [1.29, 1.82) is 0 Å². The molecule has 22 heavy (non-hydrogen) atoms. The first kappa shape index (κ1) is 15.5. The molecule has 0 fully saturated rings. The van der Waals surface area contributed by atoms with Crippen LogP contribution >= 0.6 is 34.7 Å². The lowest BCUT2D eigenvalue weighted by Crippen LogP contribution is -1.94. The van der Waals surface area contributed by atoms with Gasteiger partial charge in [-0.2, -0.15) is 21.4 Å². The Labute approximate surface area is 142 Å². The average Bonchev–Trinajstić information content (AvgIpc) is 3.08. The van der Waals surface area contributed by atoms with Gasteiger partial charge in [-0.05, 0) is 29.9 Å². The van der Waals surface area contributed by atoms with Gasteiger partial charge in [-0.15, -0.1) is 10.2 Å². The van der Waals surface area contributed by atoms with Crippen LogP contribution in [-0.2, 0) is 5.75 Å². The number of hydrogen-bond donors (Lipinski definition) is 0. The van der Waals surface area contributed by atoms with Crippen molar-refractivity contribution in [2.75, 3.05) is 5.75 Å². The van der Waals surface area contributed by atoms with E-state index in [2.05, 4.69) is 22.2 Å². The predicted octanol–water partition coefficient (Wildman–Crippen LogP) is 4.65. The SMILES string of the molecule is CCCSCc1nnc2sc(C=Cc3ccccc3Cl)nn12. The highest BCUT2D eigenvalue weighted by Gasteiger charge is 2.10. The van der Waals surface area contributed by atoms with E-state index in [1.165, 1.54) is 11.3 Å². The Morgan fingerprint density at radius 2 is 2.14 bits per heavy atom. The zero-order chi connectivity index (χ0) is 15.4. The van der Waals surface area contributed by atoms with Gasteiger partial charge in [0.15, 0.2) is 5.82 Å². The Kier molecular flexibility index (Phi) is 5.12. The summed E-state index contributed by atoms with van der Waals surface area (Å²) < 4.78 is 1.83. The maximum atomic E-state index is 6.15. The Morgan fingerprint density at radius 3 is 2.95 bits per heavy atom. The van der Waals surface area contributed by atoms with Gasteiger partial charge in [0.05, 0.1) is 5.75 Å². The van der Waals surface area contributed by atoms with E-state index in [0.717, 1.165) is 44.3 Å². The second-order valence-electron chi connectivity index (χ2n) is 4.66. The summed E-state index contributed by atoms with van der Waals surface area (Å²) in [6, 6.07) is 7.74. The Balaban J connectivity index is 1.79. The molecule has 7 heteroatoms. The number of aromatic nitrogens is 4. The smallest absolute Gasteiger partial charge is 0.186 e. The van der Waals surface area contributed by atoms with Gasteiger partial charge in [-0.1, -0.05) is 54.1 Å². The molecular formula is C15H15ClN4S2. The molecule has 0 unspecified atom stereocenters. The van der Waals surface area contributed by atoms with E-state index in [4.69, 9.17) is 11.6 Å². The molecule has 3 aromatic rings. The molecule has 0 aliphatic carbocycles. The van der Waals surface area contributed by atoms with Crippen molar-refractivity contribution >= 4 is 51.8 Å². The first-order valence-corrected chi connectivity index (χ1v) is 9.34. The van der Waals surface area contributed by atoms with Crippen LogP contribution in [0.3, 0.4) is 0 Å². The van der Waals surface area contributed by atoms with Crippen molar-refractivity contribution < 1.29 is 0 Å². The lowest BCUT2D eigenvalue weighted by molar-refractivity contribution is 0.879. The van der Waals surface area contributed by atoms with Crippen LogP contribution in [0.2, 0.25) is 5.02 Å².